The third-order valence-corrected chi connectivity index (χ3v) is 6.46. The molecule has 1 aliphatic heterocycles. The lowest BCUT2D eigenvalue weighted by Gasteiger charge is -2.14. The van der Waals surface area contributed by atoms with E-state index in [1.165, 1.54) is 31.3 Å². The van der Waals surface area contributed by atoms with Gasteiger partial charge in [-0.2, -0.15) is 18.3 Å². The minimum absolute atomic E-state index is 0.0637. The molecule has 2 aromatic heterocycles. The van der Waals surface area contributed by atoms with E-state index >= 15 is 0 Å². The fourth-order valence-electron chi connectivity index (χ4n) is 4.40. The lowest BCUT2D eigenvalue weighted by Crippen LogP contribution is -2.24. The number of amides is 1. The first-order valence-corrected chi connectivity index (χ1v) is 12.0. The van der Waals surface area contributed by atoms with Crippen LogP contribution >= 0.6 is 0 Å². The van der Waals surface area contributed by atoms with E-state index in [9.17, 15) is 18.0 Å². The summed E-state index contributed by atoms with van der Waals surface area (Å²) in [6.45, 7) is 5.74. The molecule has 1 aliphatic rings. The van der Waals surface area contributed by atoms with Gasteiger partial charge in [0.25, 0.3) is 5.91 Å². The topological polar surface area (TPSA) is 88.0 Å². The highest BCUT2D eigenvalue weighted by molar-refractivity contribution is 6.05. The molecule has 0 bridgehead atoms. The second kappa shape index (κ2) is 10.2. The smallest absolute Gasteiger partial charge is 0.339 e. The number of nitrogens with zero attached hydrogens (tertiary/aromatic N) is 5. The Labute approximate surface area is 211 Å². The molecule has 37 heavy (non-hydrogen) atoms. The van der Waals surface area contributed by atoms with E-state index in [2.05, 4.69) is 30.6 Å². The van der Waals surface area contributed by atoms with Gasteiger partial charge in [-0.3, -0.25) is 4.79 Å². The molecule has 5 rings (SSSR count). The quantitative estimate of drug-likeness (QED) is 0.354. The number of benzene rings is 2. The number of nitrogens with one attached hydrogen (secondary N) is 2. The molecule has 2 N–H and O–H groups in total. The summed E-state index contributed by atoms with van der Waals surface area (Å²) < 4.78 is 40.9. The number of rotatable bonds is 7. The van der Waals surface area contributed by atoms with Gasteiger partial charge in [-0.15, -0.1) is 0 Å². The van der Waals surface area contributed by atoms with Crippen molar-refractivity contribution in [1.29, 1.82) is 0 Å². The highest BCUT2D eigenvalue weighted by atomic mass is 19.4. The first-order chi connectivity index (χ1) is 17.8. The van der Waals surface area contributed by atoms with Crippen molar-refractivity contribution < 1.29 is 18.0 Å². The van der Waals surface area contributed by atoms with E-state index in [-0.39, 0.29) is 11.3 Å². The van der Waals surface area contributed by atoms with Gasteiger partial charge in [-0.25, -0.2) is 14.6 Å². The lowest BCUT2D eigenvalue weighted by molar-refractivity contribution is -0.137. The first kappa shape index (κ1) is 24.7. The van der Waals surface area contributed by atoms with Gasteiger partial charge in [0.2, 0.25) is 0 Å². The van der Waals surface area contributed by atoms with Crippen LogP contribution in [0.4, 0.5) is 30.4 Å². The number of hydrogen-bond donors (Lipinski definition) is 2. The van der Waals surface area contributed by atoms with E-state index in [4.69, 9.17) is 0 Å². The molecule has 0 radical (unpaired) electrons. The minimum Gasteiger partial charge on any atom is -0.339 e. The summed E-state index contributed by atoms with van der Waals surface area (Å²) in [5.41, 5.74) is 1.74. The van der Waals surface area contributed by atoms with Crippen molar-refractivity contribution in [2.45, 2.75) is 32.5 Å². The normalized spacial score (nSPS) is 14.3. The first-order valence-electron chi connectivity index (χ1n) is 12.0. The Morgan fingerprint density at radius 2 is 1.86 bits per heavy atom. The Morgan fingerprint density at radius 3 is 2.65 bits per heavy atom. The number of anilines is 3. The summed E-state index contributed by atoms with van der Waals surface area (Å²) in [5, 5.41) is 11.1. The van der Waals surface area contributed by atoms with Gasteiger partial charge in [0.15, 0.2) is 5.65 Å². The highest BCUT2D eigenvalue weighted by Gasteiger charge is 2.30. The second-order valence-electron chi connectivity index (χ2n) is 9.06. The number of aromatic nitrogens is 4. The Morgan fingerprint density at radius 1 is 1.05 bits per heavy atom. The molecule has 3 heterocycles. The van der Waals surface area contributed by atoms with Gasteiger partial charge in [-0.05, 0) is 68.8 Å². The molecule has 2 aromatic carbocycles. The number of carbonyl (C=O) groups is 1. The summed E-state index contributed by atoms with van der Waals surface area (Å²) in [7, 11) is 0. The van der Waals surface area contributed by atoms with Crippen molar-refractivity contribution in [3.05, 3.63) is 71.7 Å². The number of carbonyl (C=O) groups excluding carboxylic acids is 1. The van der Waals surface area contributed by atoms with Crippen molar-refractivity contribution in [2.75, 3.05) is 30.3 Å². The molecular formula is C26H26F3N7O. The van der Waals surface area contributed by atoms with Crippen LogP contribution in [0.3, 0.4) is 0 Å². The van der Waals surface area contributed by atoms with Crippen LogP contribution in [0.2, 0.25) is 0 Å². The van der Waals surface area contributed by atoms with Crippen molar-refractivity contribution in [2.24, 2.45) is 0 Å². The van der Waals surface area contributed by atoms with E-state index in [1.54, 1.807) is 24.4 Å². The number of alkyl halides is 3. The van der Waals surface area contributed by atoms with Crippen LogP contribution in [0.1, 0.15) is 34.3 Å². The minimum atomic E-state index is -4.49. The Hall–Kier alpha value is -3.99. The van der Waals surface area contributed by atoms with E-state index in [0.29, 0.717) is 17.2 Å². The number of aryl methyl sites for hydroxylation is 1. The molecule has 4 aromatic rings. The van der Waals surface area contributed by atoms with Gasteiger partial charge in [-0.1, -0.05) is 12.1 Å². The van der Waals surface area contributed by atoms with E-state index in [0.717, 1.165) is 49.3 Å². The van der Waals surface area contributed by atoms with Gasteiger partial charge < -0.3 is 15.5 Å². The summed E-state index contributed by atoms with van der Waals surface area (Å²) in [5.74, 6) is 0.0286. The lowest BCUT2D eigenvalue weighted by atomic mass is 10.1. The monoisotopic (exact) mass is 509 g/mol. The number of likely N-dealkylation sites (tertiary alicyclic amines) is 1. The molecule has 11 heteroatoms. The van der Waals surface area contributed by atoms with Crippen molar-refractivity contribution in [3.63, 3.8) is 0 Å². The van der Waals surface area contributed by atoms with E-state index in [1.807, 2.05) is 11.6 Å². The standard InChI is InChI=1S/C26H26F3N7O/c1-17-7-8-18(25(37)33-20-6-4-5-19(14-20)26(27,28)29)13-22(17)34-23-21-15-32-36(24(21)31-16-30-23)12-11-35-9-2-3-10-35/h4-8,13-16H,2-3,9-12H2,1H3,(H,33,37)(H,30,31,34). The SMILES string of the molecule is Cc1ccc(C(=O)Nc2cccc(C(F)(F)F)c2)cc1Nc1ncnc2c1cnn2CCN1CCCC1. The Balaban J connectivity index is 1.34. The highest BCUT2D eigenvalue weighted by Crippen LogP contribution is 2.31. The van der Waals surface area contributed by atoms with Crippen LogP contribution in [0, 0.1) is 6.92 Å². The molecule has 1 amide bonds. The van der Waals surface area contributed by atoms with Crippen LogP contribution in [0.5, 0.6) is 0 Å². The van der Waals surface area contributed by atoms with Gasteiger partial charge in [0.1, 0.15) is 12.1 Å². The van der Waals surface area contributed by atoms with Gasteiger partial charge in [0.05, 0.1) is 23.7 Å². The maximum Gasteiger partial charge on any atom is 0.416 e. The molecular weight excluding hydrogens is 483 g/mol. The summed E-state index contributed by atoms with van der Waals surface area (Å²) in [4.78, 5) is 24.0. The molecule has 1 saturated heterocycles. The molecule has 0 unspecified atom stereocenters. The average Bonchev–Trinajstić information content (AvgIpc) is 3.54. The Bertz CT molecular complexity index is 1430. The maximum absolute atomic E-state index is 13.0. The predicted octanol–water partition coefficient (Wildman–Crippen LogP) is 5.25. The second-order valence-corrected chi connectivity index (χ2v) is 9.06. The number of hydrogen-bond acceptors (Lipinski definition) is 6. The van der Waals surface area contributed by atoms with Crippen molar-refractivity contribution in [3.8, 4) is 0 Å². The zero-order valence-corrected chi connectivity index (χ0v) is 20.2. The zero-order valence-electron chi connectivity index (χ0n) is 20.2. The van der Waals surface area contributed by atoms with E-state index < -0.39 is 17.6 Å². The molecule has 0 spiro atoms. The maximum atomic E-state index is 13.0. The average molecular weight is 510 g/mol. The predicted molar refractivity (Wildman–Crippen MR) is 135 cm³/mol. The molecule has 1 fully saturated rings. The van der Waals surface area contributed by atoms with Crippen LogP contribution < -0.4 is 10.6 Å². The fourth-order valence-corrected chi connectivity index (χ4v) is 4.40. The Kier molecular flexibility index (Phi) is 6.79. The molecule has 0 saturated carbocycles. The molecule has 8 nitrogen and oxygen atoms in total. The van der Waals surface area contributed by atoms with Crippen LogP contribution in [0.25, 0.3) is 11.0 Å². The fraction of sp³-hybridized carbons (Fsp3) is 0.308. The van der Waals surface area contributed by atoms with Crippen molar-refractivity contribution >= 4 is 34.1 Å². The number of halogens is 3. The number of fused-ring (bicyclic) bond motifs is 1. The van der Waals surface area contributed by atoms with Gasteiger partial charge in [0, 0.05) is 23.5 Å². The summed E-state index contributed by atoms with van der Waals surface area (Å²) >= 11 is 0. The summed E-state index contributed by atoms with van der Waals surface area (Å²) in [6.07, 6.45) is 1.16. The van der Waals surface area contributed by atoms with Crippen LogP contribution in [0.15, 0.2) is 55.0 Å². The summed E-state index contributed by atoms with van der Waals surface area (Å²) in [6, 6.07) is 9.57. The third-order valence-electron chi connectivity index (χ3n) is 6.46. The molecule has 0 aliphatic carbocycles. The largest absolute Gasteiger partial charge is 0.416 e. The van der Waals surface area contributed by atoms with Crippen molar-refractivity contribution in [1.82, 2.24) is 24.6 Å². The zero-order chi connectivity index (χ0) is 26.0. The van der Waals surface area contributed by atoms with Gasteiger partial charge >= 0.3 is 6.18 Å². The molecule has 192 valence electrons. The van der Waals surface area contributed by atoms with Crippen LogP contribution in [-0.4, -0.2) is 50.2 Å². The molecule has 0 atom stereocenters. The third kappa shape index (κ3) is 5.56. The van der Waals surface area contributed by atoms with Crippen LogP contribution in [-0.2, 0) is 12.7 Å².